The molecule has 0 saturated heterocycles. The third kappa shape index (κ3) is 5.37. The summed E-state index contributed by atoms with van der Waals surface area (Å²) in [6.45, 7) is 1.42. The van der Waals surface area contributed by atoms with E-state index in [2.05, 4.69) is 5.32 Å². The van der Waals surface area contributed by atoms with E-state index in [9.17, 15) is 20.2 Å². The Balaban J connectivity index is 0.00000361. The molecule has 8 nitrogen and oxygen atoms in total. The van der Waals surface area contributed by atoms with Crippen molar-refractivity contribution in [3.8, 4) is 0 Å². The number of non-ortho nitro benzene ring substituents is 1. The summed E-state index contributed by atoms with van der Waals surface area (Å²) in [5.74, 6) is 0. The van der Waals surface area contributed by atoms with Gasteiger partial charge in [-0.2, -0.15) is 0 Å². The van der Waals surface area contributed by atoms with Gasteiger partial charge in [-0.05, 0) is 33.1 Å². The molecule has 1 N–H and O–H groups in total. The number of nitro benzene ring substituents is 2. The molecule has 0 aliphatic rings. The summed E-state index contributed by atoms with van der Waals surface area (Å²) >= 11 is 0. The number of hydrogen-bond donors (Lipinski definition) is 1. The fourth-order valence-electron chi connectivity index (χ4n) is 1.55. The minimum Gasteiger partial charge on any atom is -0.379 e. The molecule has 0 bridgehead atoms. The average molecular weight is 305 g/mol. The van der Waals surface area contributed by atoms with Crippen molar-refractivity contribution in [2.24, 2.45) is 0 Å². The first-order chi connectivity index (χ1) is 8.91. The molecule has 1 rings (SSSR count). The number of benzene rings is 1. The van der Waals surface area contributed by atoms with E-state index >= 15 is 0 Å². The van der Waals surface area contributed by atoms with E-state index in [0.29, 0.717) is 12.2 Å². The van der Waals surface area contributed by atoms with E-state index in [-0.39, 0.29) is 23.8 Å². The smallest absolute Gasteiger partial charge is 0.299 e. The Morgan fingerprint density at radius 1 is 1.20 bits per heavy atom. The van der Waals surface area contributed by atoms with E-state index in [1.807, 2.05) is 19.0 Å². The molecule has 0 heterocycles. The van der Waals surface area contributed by atoms with Crippen molar-refractivity contribution in [3.63, 3.8) is 0 Å². The van der Waals surface area contributed by atoms with Gasteiger partial charge in [0.05, 0.1) is 15.9 Å². The minimum atomic E-state index is -0.650. The van der Waals surface area contributed by atoms with Crippen LogP contribution in [0, 0.1) is 20.2 Å². The molecule has 112 valence electrons. The lowest BCUT2D eigenvalue weighted by Gasteiger charge is -2.10. The molecule has 0 saturated carbocycles. The van der Waals surface area contributed by atoms with E-state index in [0.717, 1.165) is 19.0 Å². The first-order valence-corrected chi connectivity index (χ1v) is 5.73. The van der Waals surface area contributed by atoms with Gasteiger partial charge in [0.15, 0.2) is 0 Å². The number of hydrogen-bond acceptors (Lipinski definition) is 6. The number of nitro groups is 2. The lowest BCUT2D eigenvalue weighted by atomic mass is 10.2. The second kappa shape index (κ2) is 8.28. The zero-order valence-corrected chi connectivity index (χ0v) is 12.1. The lowest BCUT2D eigenvalue weighted by molar-refractivity contribution is -0.393. The molecule has 9 heteroatoms. The predicted octanol–water partition coefficient (Wildman–Crippen LogP) is 2.29. The molecule has 0 aromatic heterocycles. The number of nitrogens with one attached hydrogen (secondary N) is 1. The van der Waals surface area contributed by atoms with Gasteiger partial charge in [0.25, 0.3) is 11.4 Å². The number of halogens is 1. The zero-order valence-electron chi connectivity index (χ0n) is 11.2. The van der Waals surface area contributed by atoms with Crippen LogP contribution in [0.1, 0.15) is 6.42 Å². The highest BCUT2D eigenvalue weighted by atomic mass is 35.5. The van der Waals surface area contributed by atoms with Gasteiger partial charge in [-0.1, -0.05) is 0 Å². The fourth-order valence-corrected chi connectivity index (χ4v) is 1.55. The van der Waals surface area contributed by atoms with Crippen LogP contribution in [-0.4, -0.2) is 41.9 Å². The molecule has 20 heavy (non-hydrogen) atoms. The Morgan fingerprint density at radius 3 is 2.35 bits per heavy atom. The summed E-state index contributed by atoms with van der Waals surface area (Å²) in [4.78, 5) is 22.2. The summed E-state index contributed by atoms with van der Waals surface area (Å²) < 4.78 is 0. The Morgan fingerprint density at radius 2 is 1.85 bits per heavy atom. The molecule has 1 aromatic carbocycles. The number of rotatable bonds is 7. The first-order valence-electron chi connectivity index (χ1n) is 5.73. The topological polar surface area (TPSA) is 102 Å². The molecule has 1 aromatic rings. The SMILES string of the molecule is CN(C)CCCNc1ccc([N+](=O)[O-])cc1[N+](=O)[O-].Cl. The highest BCUT2D eigenvalue weighted by molar-refractivity contribution is 5.85. The van der Waals surface area contributed by atoms with Crippen molar-refractivity contribution in [2.75, 3.05) is 32.5 Å². The van der Waals surface area contributed by atoms with Crippen LogP contribution in [0.2, 0.25) is 0 Å². The number of anilines is 1. The molecule has 0 aliphatic heterocycles. The van der Waals surface area contributed by atoms with E-state index in [1.165, 1.54) is 12.1 Å². The standard InChI is InChI=1S/C11H16N4O4.ClH/c1-13(2)7-3-6-12-10-5-4-9(14(16)17)8-11(10)15(18)19;/h4-5,8,12H,3,6-7H2,1-2H3;1H. The maximum absolute atomic E-state index is 10.9. The number of nitrogens with zero attached hydrogens (tertiary/aromatic N) is 3. The third-order valence-corrected chi connectivity index (χ3v) is 2.49. The molecule has 0 spiro atoms. The monoisotopic (exact) mass is 304 g/mol. The van der Waals surface area contributed by atoms with Crippen molar-refractivity contribution < 1.29 is 9.85 Å². The Labute approximate surface area is 122 Å². The highest BCUT2D eigenvalue weighted by Gasteiger charge is 2.18. The molecule has 0 amide bonds. The molecule has 0 fully saturated rings. The third-order valence-electron chi connectivity index (χ3n) is 2.49. The predicted molar refractivity (Wildman–Crippen MR) is 78.7 cm³/mol. The van der Waals surface area contributed by atoms with Gasteiger partial charge in [-0.25, -0.2) is 0 Å². The van der Waals surface area contributed by atoms with Crippen LogP contribution >= 0.6 is 12.4 Å². The van der Waals surface area contributed by atoms with E-state index < -0.39 is 9.85 Å². The second-order valence-electron chi connectivity index (χ2n) is 4.30. The summed E-state index contributed by atoms with van der Waals surface area (Å²) in [5.41, 5.74) is -0.265. The van der Waals surface area contributed by atoms with Crippen LogP contribution in [0.4, 0.5) is 17.1 Å². The maximum Gasteiger partial charge on any atom is 0.299 e. The van der Waals surface area contributed by atoms with Gasteiger partial charge in [0, 0.05) is 12.6 Å². The van der Waals surface area contributed by atoms with Crippen LogP contribution in [0.15, 0.2) is 18.2 Å². The Hall–Kier alpha value is -1.93. The first kappa shape index (κ1) is 18.1. The normalized spacial score (nSPS) is 9.95. The highest BCUT2D eigenvalue weighted by Crippen LogP contribution is 2.28. The van der Waals surface area contributed by atoms with Crippen molar-refractivity contribution >= 4 is 29.5 Å². The van der Waals surface area contributed by atoms with E-state index in [1.54, 1.807) is 0 Å². The largest absolute Gasteiger partial charge is 0.379 e. The quantitative estimate of drug-likeness (QED) is 0.471. The summed E-state index contributed by atoms with van der Waals surface area (Å²) in [6.07, 6.45) is 0.821. The average Bonchev–Trinajstić information content (AvgIpc) is 2.34. The molecule has 0 unspecified atom stereocenters. The van der Waals surface area contributed by atoms with Crippen LogP contribution in [-0.2, 0) is 0 Å². The second-order valence-corrected chi connectivity index (χ2v) is 4.30. The van der Waals surface area contributed by atoms with Gasteiger partial charge < -0.3 is 10.2 Å². The van der Waals surface area contributed by atoms with Crippen molar-refractivity contribution in [1.82, 2.24) is 4.90 Å². The van der Waals surface area contributed by atoms with Crippen molar-refractivity contribution in [3.05, 3.63) is 38.4 Å². The zero-order chi connectivity index (χ0) is 14.4. The van der Waals surface area contributed by atoms with E-state index in [4.69, 9.17) is 0 Å². The summed E-state index contributed by atoms with van der Waals surface area (Å²) in [6, 6.07) is 3.58. The molecular weight excluding hydrogens is 288 g/mol. The molecule has 0 radical (unpaired) electrons. The van der Waals surface area contributed by atoms with Gasteiger partial charge in [0.2, 0.25) is 0 Å². The van der Waals surface area contributed by atoms with Gasteiger partial charge >= 0.3 is 0 Å². The van der Waals surface area contributed by atoms with Gasteiger partial charge in [0.1, 0.15) is 5.69 Å². The van der Waals surface area contributed by atoms with Crippen molar-refractivity contribution in [2.45, 2.75) is 6.42 Å². The molecular formula is C11H17ClN4O4. The molecule has 0 atom stereocenters. The van der Waals surface area contributed by atoms with Crippen LogP contribution in [0.5, 0.6) is 0 Å². The maximum atomic E-state index is 10.9. The molecule has 0 aliphatic carbocycles. The fraction of sp³-hybridized carbons (Fsp3) is 0.455. The van der Waals surface area contributed by atoms with Crippen LogP contribution in [0.25, 0.3) is 0 Å². The Kier molecular flexibility index (Phi) is 7.48. The van der Waals surface area contributed by atoms with Gasteiger partial charge in [-0.15, -0.1) is 12.4 Å². The summed E-state index contributed by atoms with van der Waals surface area (Å²) in [5, 5.41) is 24.4. The lowest BCUT2D eigenvalue weighted by Crippen LogP contribution is -2.16. The van der Waals surface area contributed by atoms with Crippen molar-refractivity contribution in [1.29, 1.82) is 0 Å². The summed E-state index contributed by atoms with van der Waals surface area (Å²) in [7, 11) is 3.88. The van der Waals surface area contributed by atoms with Crippen LogP contribution < -0.4 is 5.32 Å². The van der Waals surface area contributed by atoms with Gasteiger partial charge in [-0.3, -0.25) is 20.2 Å². The van der Waals surface area contributed by atoms with Crippen LogP contribution in [0.3, 0.4) is 0 Å². The Bertz CT molecular complexity index is 481. The minimum absolute atomic E-state index is 0.